The van der Waals surface area contributed by atoms with E-state index in [0.29, 0.717) is 28.4 Å². The minimum absolute atomic E-state index is 0.198. The van der Waals surface area contributed by atoms with E-state index in [9.17, 15) is 19.5 Å². The summed E-state index contributed by atoms with van der Waals surface area (Å²) in [7, 11) is 0. The highest BCUT2D eigenvalue weighted by atomic mass is 35.5. The first kappa shape index (κ1) is 22.6. The average molecular weight is 463 g/mol. The van der Waals surface area contributed by atoms with Gasteiger partial charge in [-0.1, -0.05) is 49.7 Å². The summed E-state index contributed by atoms with van der Waals surface area (Å²) in [4.78, 5) is 38.5. The van der Waals surface area contributed by atoms with Crippen molar-refractivity contribution in [3.8, 4) is 11.1 Å². The van der Waals surface area contributed by atoms with Crippen LogP contribution < -0.4 is 5.32 Å². The Morgan fingerprint density at radius 3 is 2.21 bits per heavy atom. The molecular weight excluding hydrogens is 440 g/mol. The van der Waals surface area contributed by atoms with Crippen LogP contribution in [0.25, 0.3) is 11.1 Å². The second-order valence-electron chi connectivity index (χ2n) is 8.37. The highest BCUT2D eigenvalue weighted by Gasteiger charge is 2.38. The number of rotatable bonds is 6. The molecule has 0 bridgehead atoms. The molecule has 0 fully saturated rings. The summed E-state index contributed by atoms with van der Waals surface area (Å²) in [5.41, 5.74) is 4.22. The first-order chi connectivity index (χ1) is 15.7. The zero-order valence-corrected chi connectivity index (χ0v) is 19.0. The molecule has 168 valence electrons. The van der Waals surface area contributed by atoms with Crippen molar-refractivity contribution in [3.63, 3.8) is 0 Å². The molecule has 0 unspecified atom stereocenters. The summed E-state index contributed by atoms with van der Waals surface area (Å²) >= 11 is 5.87. The van der Waals surface area contributed by atoms with Crippen LogP contribution in [0.3, 0.4) is 0 Å². The van der Waals surface area contributed by atoms with Crippen molar-refractivity contribution in [1.82, 2.24) is 4.90 Å². The largest absolute Gasteiger partial charge is 0.480 e. The molecule has 1 aliphatic heterocycles. The molecule has 3 aromatic carbocycles. The van der Waals surface area contributed by atoms with Gasteiger partial charge < -0.3 is 15.3 Å². The molecule has 0 saturated heterocycles. The summed E-state index contributed by atoms with van der Waals surface area (Å²) in [6, 6.07) is 18.7. The number of amides is 2. The maximum atomic E-state index is 13.0. The monoisotopic (exact) mass is 462 g/mol. The fourth-order valence-corrected chi connectivity index (χ4v) is 4.18. The number of nitrogens with one attached hydrogen (secondary N) is 1. The quantitative estimate of drug-likeness (QED) is 0.518. The highest BCUT2D eigenvalue weighted by Crippen LogP contribution is 2.31. The summed E-state index contributed by atoms with van der Waals surface area (Å²) in [5, 5.41) is 13.0. The fourth-order valence-electron chi connectivity index (χ4n) is 4.06. The molecule has 33 heavy (non-hydrogen) atoms. The van der Waals surface area contributed by atoms with Gasteiger partial charge in [-0.25, -0.2) is 4.79 Å². The third-order valence-electron chi connectivity index (χ3n) is 5.74. The van der Waals surface area contributed by atoms with Crippen molar-refractivity contribution >= 4 is 35.1 Å². The molecular formula is C26H23ClN2O4. The maximum Gasteiger partial charge on any atom is 0.326 e. The number of hydrogen-bond donors (Lipinski definition) is 2. The van der Waals surface area contributed by atoms with E-state index in [2.05, 4.69) is 5.32 Å². The van der Waals surface area contributed by atoms with E-state index in [1.165, 1.54) is 4.90 Å². The Morgan fingerprint density at radius 2 is 1.61 bits per heavy atom. The summed E-state index contributed by atoms with van der Waals surface area (Å²) in [6.07, 6.45) is 0. The second kappa shape index (κ2) is 9.08. The molecule has 2 amide bonds. The van der Waals surface area contributed by atoms with Gasteiger partial charge in [0.2, 0.25) is 0 Å². The number of nitrogens with zero attached hydrogens (tertiary/aromatic N) is 1. The Hall–Kier alpha value is -3.64. The van der Waals surface area contributed by atoms with Gasteiger partial charge in [0.05, 0.1) is 0 Å². The number of aliphatic carboxylic acids is 1. The first-order valence-corrected chi connectivity index (χ1v) is 11.0. The van der Waals surface area contributed by atoms with Gasteiger partial charge in [-0.15, -0.1) is 0 Å². The van der Waals surface area contributed by atoms with Crippen molar-refractivity contribution in [1.29, 1.82) is 0 Å². The topological polar surface area (TPSA) is 86.7 Å². The van der Waals surface area contributed by atoms with Crippen molar-refractivity contribution < 1.29 is 19.5 Å². The van der Waals surface area contributed by atoms with E-state index in [0.717, 1.165) is 16.7 Å². The molecule has 2 N–H and O–H groups in total. The predicted molar refractivity (Wildman–Crippen MR) is 127 cm³/mol. The molecule has 6 nitrogen and oxygen atoms in total. The van der Waals surface area contributed by atoms with Crippen LogP contribution >= 0.6 is 11.6 Å². The Bertz CT molecular complexity index is 1220. The Balaban J connectivity index is 1.51. The van der Waals surface area contributed by atoms with E-state index >= 15 is 0 Å². The summed E-state index contributed by atoms with van der Waals surface area (Å²) in [5.74, 6) is -1.70. The molecule has 1 heterocycles. The lowest BCUT2D eigenvalue weighted by Crippen LogP contribution is -2.44. The minimum atomic E-state index is -0.998. The molecule has 3 aromatic rings. The Labute approximate surface area is 196 Å². The van der Waals surface area contributed by atoms with Crippen LogP contribution in [0.2, 0.25) is 5.02 Å². The number of halogens is 1. The van der Waals surface area contributed by atoms with Gasteiger partial charge in [0.15, 0.2) is 0 Å². The van der Waals surface area contributed by atoms with Crippen molar-refractivity contribution in [2.75, 3.05) is 5.32 Å². The number of carboxylic acid groups (broad SMARTS) is 1. The fraction of sp³-hybridized carbons (Fsp3) is 0.192. The maximum absolute atomic E-state index is 13.0. The van der Waals surface area contributed by atoms with Crippen LogP contribution in [0.1, 0.15) is 40.1 Å². The number of fused-ring (bicyclic) bond motifs is 1. The predicted octanol–water partition coefficient (Wildman–Crippen LogP) is 5.32. The third kappa shape index (κ3) is 4.61. The zero-order chi connectivity index (χ0) is 23.7. The van der Waals surface area contributed by atoms with Crippen molar-refractivity contribution in [3.05, 3.63) is 88.4 Å². The van der Waals surface area contributed by atoms with Gasteiger partial charge in [-0.05, 0) is 65.1 Å². The zero-order valence-electron chi connectivity index (χ0n) is 18.2. The molecule has 7 heteroatoms. The number of carbonyl (C=O) groups excluding carboxylic acids is 2. The number of benzene rings is 3. The Kier molecular flexibility index (Phi) is 6.20. The molecule has 0 radical (unpaired) electrons. The van der Waals surface area contributed by atoms with E-state index in [1.807, 2.05) is 24.3 Å². The number of anilines is 1. The molecule has 0 saturated carbocycles. The van der Waals surface area contributed by atoms with Crippen LogP contribution in [0.4, 0.5) is 5.69 Å². The van der Waals surface area contributed by atoms with Crippen LogP contribution in [-0.4, -0.2) is 33.8 Å². The van der Waals surface area contributed by atoms with Crippen molar-refractivity contribution in [2.45, 2.75) is 26.4 Å². The lowest BCUT2D eigenvalue weighted by atomic mass is 10.00. The molecule has 1 atom stereocenters. The van der Waals surface area contributed by atoms with Gasteiger partial charge >= 0.3 is 5.97 Å². The molecule has 0 aromatic heterocycles. The minimum Gasteiger partial charge on any atom is -0.480 e. The third-order valence-corrected chi connectivity index (χ3v) is 6.00. The van der Waals surface area contributed by atoms with Gasteiger partial charge in [0, 0.05) is 28.4 Å². The van der Waals surface area contributed by atoms with Crippen LogP contribution in [0.15, 0.2) is 66.7 Å². The van der Waals surface area contributed by atoms with Crippen LogP contribution in [0.5, 0.6) is 0 Å². The van der Waals surface area contributed by atoms with E-state index in [1.54, 1.807) is 56.3 Å². The smallest absolute Gasteiger partial charge is 0.326 e. The van der Waals surface area contributed by atoms with Gasteiger partial charge in [0.25, 0.3) is 11.8 Å². The van der Waals surface area contributed by atoms with E-state index in [4.69, 9.17) is 11.6 Å². The highest BCUT2D eigenvalue weighted by molar-refractivity contribution is 6.30. The Morgan fingerprint density at radius 1 is 0.970 bits per heavy atom. The average Bonchev–Trinajstić information content (AvgIpc) is 3.09. The normalized spacial score (nSPS) is 13.7. The second-order valence-corrected chi connectivity index (χ2v) is 8.81. The standard InChI is InChI=1S/C26H23ClN2O4/c1-15(2)23(26(32)33)29-14-19-4-3-18(13-22(19)25(29)31)16-7-11-21(12-8-16)28-24(30)17-5-9-20(27)10-6-17/h3-13,15,23H,14H2,1-2H3,(H,28,30)(H,32,33)/t23-/m0/s1. The molecule has 1 aliphatic rings. The first-order valence-electron chi connectivity index (χ1n) is 10.6. The molecule has 4 rings (SSSR count). The number of carboxylic acids is 1. The van der Waals surface area contributed by atoms with Crippen molar-refractivity contribution in [2.24, 2.45) is 5.92 Å². The molecule has 0 aliphatic carbocycles. The van der Waals surface area contributed by atoms with Gasteiger partial charge in [0.1, 0.15) is 6.04 Å². The van der Waals surface area contributed by atoms with E-state index < -0.39 is 12.0 Å². The van der Waals surface area contributed by atoms with Crippen LogP contribution in [0, 0.1) is 5.92 Å². The molecule has 0 spiro atoms. The lowest BCUT2D eigenvalue weighted by Gasteiger charge is -2.27. The van der Waals surface area contributed by atoms with Crippen LogP contribution in [-0.2, 0) is 11.3 Å². The number of hydrogen-bond acceptors (Lipinski definition) is 3. The summed E-state index contributed by atoms with van der Waals surface area (Å²) in [6.45, 7) is 3.89. The number of carbonyl (C=O) groups is 3. The van der Waals surface area contributed by atoms with E-state index in [-0.39, 0.29) is 17.7 Å². The van der Waals surface area contributed by atoms with Gasteiger partial charge in [-0.3, -0.25) is 9.59 Å². The SMILES string of the molecule is CC(C)[C@@H](C(=O)O)N1Cc2ccc(-c3ccc(NC(=O)c4ccc(Cl)cc4)cc3)cc2C1=O. The summed E-state index contributed by atoms with van der Waals surface area (Å²) < 4.78 is 0. The van der Waals surface area contributed by atoms with Gasteiger partial charge in [-0.2, -0.15) is 0 Å². The lowest BCUT2D eigenvalue weighted by molar-refractivity contribution is -0.144.